The number of hydrogen-bond acceptors (Lipinski definition) is 6. The molecule has 0 saturated carbocycles. The average Bonchev–Trinajstić information content (AvgIpc) is 2.82. The number of alkyl halides is 4. The summed E-state index contributed by atoms with van der Waals surface area (Å²) >= 11 is 11.6. The number of carbonyl (C=O) groups excluding carboxylic acids is 2. The highest BCUT2D eigenvalue weighted by Gasteiger charge is 2.11. The van der Waals surface area contributed by atoms with E-state index in [1.165, 1.54) is 42.5 Å². The van der Waals surface area contributed by atoms with E-state index in [0.717, 1.165) is 0 Å². The average molecular weight is 552 g/mol. The third-order valence-electron chi connectivity index (χ3n) is 3.72. The molecule has 0 spiro atoms. The van der Waals surface area contributed by atoms with Gasteiger partial charge in [0.1, 0.15) is 36.7 Å². The van der Waals surface area contributed by atoms with Crippen LogP contribution in [0.4, 0.5) is 17.6 Å². The molecule has 0 aliphatic heterocycles. The fourth-order valence-corrected chi connectivity index (χ4v) is 2.76. The smallest absolute Gasteiger partial charge is 0.340 e. The van der Waals surface area contributed by atoms with E-state index in [-0.39, 0.29) is 33.8 Å². The number of esters is 1. The molecule has 0 heterocycles. The second-order valence-electron chi connectivity index (χ2n) is 6.34. The Bertz CT molecular complexity index is 1110. The molecule has 0 unspecified atom stereocenters. The van der Waals surface area contributed by atoms with E-state index in [2.05, 4.69) is 10.0 Å². The van der Waals surface area contributed by atoms with Crippen LogP contribution in [0.1, 0.15) is 22.8 Å². The normalized spacial score (nSPS) is 10.8. The maximum absolute atomic E-state index is 12.1. The summed E-state index contributed by atoms with van der Waals surface area (Å²) in [5.74, 6) is -0.549. The summed E-state index contributed by atoms with van der Waals surface area (Å²) in [6, 6.07) is 8.41. The van der Waals surface area contributed by atoms with Gasteiger partial charge >= 0.3 is 5.97 Å². The second-order valence-corrected chi connectivity index (χ2v) is 7.16. The number of aldehydes is 1. The SMILES string of the molecule is CCOC(=O)/C(=C/c1ccc(OCC(F)F)c(Cl)c1)N=[N+]=[N-].O=Cc1ccc(OCC(F)F)c(Cl)c1. The van der Waals surface area contributed by atoms with Crippen molar-refractivity contribution in [3.05, 3.63) is 73.7 Å². The summed E-state index contributed by atoms with van der Waals surface area (Å²) in [6.07, 6.45) is -3.28. The number of nitrogens with zero attached hydrogens (tertiary/aromatic N) is 3. The number of azide groups is 1. The van der Waals surface area contributed by atoms with Crippen molar-refractivity contribution in [2.24, 2.45) is 5.11 Å². The van der Waals surface area contributed by atoms with Crippen molar-refractivity contribution in [3.8, 4) is 11.5 Å². The highest BCUT2D eigenvalue weighted by molar-refractivity contribution is 6.32. The lowest BCUT2D eigenvalue weighted by Crippen LogP contribution is -2.07. The Morgan fingerprint density at radius 3 is 1.92 bits per heavy atom. The van der Waals surface area contributed by atoms with E-state index in [9.17, 15) is 27.2 Å². The summed E-state index contributed by atoms with van der Waals surface area (Å²) in [5.41, 5.74) is 8.99. The summed E-state index contributed by atoms with van der Waals surface area (Å²) in [5, 5.41) is 3.47. The highest BCUT2D eigenvalue weighted by atomic mass is 35.5. The lowest BCUT2D eigenvalue weighted by molar-refractivity contribution is -0.138. The molecule has 0 saturated heterocycles. The Balaban J connectivity index is 0.000000397. The largest absolute Gasteiger partial charge is 0.486 e. The van der Waals surface area contributed by atoms with Crippen LogP contribution in [0.2, 0.25) is 10.0 Å². The monoisotopic (exact) mass is 551 g/mol. The zero-order valence-corrected chi connectivity index (χ0v) is 20.1. The molecule has 0 bridgehead atoms. The number of carbonyl (C=O) groups is 2. The molecule has 0 aliphatic rings. The molecular weight excluding hydrogens is 533 g/mol. The highest BCUT2D eigenvalue weighted by Crippen LogP contribution is 2.27. The molecular formula is C22H19Cl2F4N3O5. The van der Waals surface area contributed by atoms with Crippen LogP contribution in [-0.4, -0.2) is 44.9 Å². The predicted octanol–water partition coefficient (Wildman–Crippen LogP) is 6.99. The van der Waals surface area contributed by atoms with Gasteiger partial charge in [-0.3, -0.25) is 4.79 Å². The molecule has 2 aromatic rings. The van der Waals surface area contributed by atoms with Crippen molar-refractivity contribution in [2.75, 3.05) is 19.8 Å². The third-order valence-corrected chi connectivity index (χ3v) is 4.31. The maximum atomic E-state index is 12.1. The van der Waals surface area contributed by atoms with Crippen LogP contribution in [0.3, 0.4) is 0 Å². The van der Waals surface area contributed by atoms with Gasteiger partial charge in [0.25, 0.3) is 12.9 Å². The Morgan fingerprint density at radius 1 is 1.00 bits per heavy atom. The number of benzene rings is 2. The molecule has 194 valence electrons. The van der Waals surface area contributed by atoms with Crippen LogP contribution < -0.4 is 9.47 Å². The van der Waals surface area contributed by atoms with Gasteiger partial charge in [-0.2, -0.15) is 0 Å². The van der Waals surface area contributed by atoms with Crippen LogP contribution in [0.25, 0.3) is 16.5 Å². The van der Waals surface area contributed by atoms with Gasteiger partial charge in [-0.25, -0.2) is 22.4 Å². The fourth-order valence-electron chi connectivity index (χ4n) is 2.28. The molecule has 0 fully saturated rings. The molecule has 0 amide bonds. The van der Waals surface area contributed by atoms with Crippen molar-refractivity contribution < 1.29 is 41.4 Å². The molecule has 0 N–H and O–H groups in total. The Morgan fingerprint density at radius 2 is 1.50 bits per heavy atom. The van der Waals surface area contributed by atoms with Crippen LogP contribution in [0.5, 0.6) is 11.5 Å². The summed E-state index contributed by atoms with van der Waals surface area (Å²) in [4.78, 5) is 24.4. The Hall–Kier alpha value is -3.47. The lowest BCUT2D eigenvalue weighted by Gasteiger charge is -2.08. The van der Waals surface area contributed by atoms with Crippen molar-refractivity contribution >= 4 is 41.5 Å². The number of halogens is 6. The van der Waals surface area contributed by atoms with Gasteiger partial charge in [0.15, 0.2) is 0 Å². The van der Waals surface area contributed by atoms with Gasteiger partial charge in [0.2, 0.25) is 0 Å². The molecule has 2 aromatic carbocycles. The third kappa shape index (κ3) is 11.3. The first kappa shape index (κ1) is 30.6. The number of hydrogen-bond donors (Lipinski definition) is 0. The van der Waals surface area contributed by atoms with E-state index in [1.54, 1.807) is 6.92 Å². The maximum Gasteiger partial charge on any atom is 0.340 e. The quantitative estimate of drug-likeness (QED) is 0.0567. The summed E-state index contributed by atoms with van der Waals surface area (Å²) < 4.78 is 61.9. The minimum Gasteiger partial charge on any atom is -0.486 e. The molecule has 0 aromatic heterocycles. The predicted molar refractivity (Wildman–Crippen MR) is 125 cm³/mol. The standard InChI is InChI=1S/C13H12ClF2N3O3.C9H7ClF2O2/c1-2-21-13(20)10(18-19-17)6-8-3-4-11(9(14)5-8)22-7-12(15)16;10-7-3-6(4-13)1-2-8(7)14-5-9(11)12/h3-6,12H,2,7H2,1H3;1-4,9H,5H2/b10-6-;. The number of rotatable bonds is 11. The minimum absolute atomic E-state index is 0.0820. The molecule has 0 atom stereocenters. The number of ether oxygens (including phenoxy) is 3. The van der Waals surface area contributed by atoms with Crippen LogP contribution in [0, 0.1) is 0 Å². The summed E-state index contributed by atoms with van der Waals surface area (Å²) in [6.45, 7) is 0.248. The van der Waals surface area contributed by atoms with Crippen molar-refractivity contribution in [1.29, 1.82) is 0 Å². The first-order chi connectivity index (χ1) is 17.1. The molecule has 14 heteroatoms. The molecule has 8 nitrogen and oxygen atoms in total. The molecule has 2 rings (SSSR count). The fraction of sp³-hybridized carbons (Fsp3) is 0.273. The van der Waals surface area contributed by atoms with Crippen molar-refractivity contribution in [3.63, 3.8) is 0 Å². The van der Waals surface area contributed by atoms with Crippen molar-refractivity contribution in [2.45, 2.75) is 19.8 Å². The molecule has 0 radical (unpaired) electrons. The van der Waals surface area contributed by atoms with E-state index >= 15 is 0 Å². The van der Waals surface area contributed by atoms with Gasteiger partial charge in [0, 0.05) is 10.5 Å². The van der Waals surface area contributed by atoms with E-state index < -0.39 is 32.0 Å². The van der Waals surface area contributed by atoms with Gasteiger partial charge < -0.3 is 14.2 Å². The Labute approximate surface area is 213 Å². The molecule has 36 heavy (non-hydrogen) atoms. The topological polar surface area (TPSA) is 111 Å². The van der Waals surface area contributed by atoms with E-state index in [1.807, 2.05) is 0 Å². The van der Waals surface area contributed by atoms with E-state index in [0.29, 0.717) is 17.4 Å². The zero-order chi connectivity index (χ0) is 27.1. The first-order valence-corrected chi connectivity index (χ1v) is 10.7. The second kappa shape index (κ2) is 16.2. The lowest BCUT2D eigenvalue weighted by atomic mass is 10.2. The van der Waals surface area contributed by atoms with Gasteiger partial charge in [-0.15, -0.1) is 0 Å². The summed E-state index contributed by atoms with van der Waals surface area (Å²) in [7, 11) is 0. The van der Waals surface area contributed by atoms with E-state index in [4.69, 9.17) is 42.9 Å². The first-order valence-electron chi connectivity index (χ1n) is 9.91. The van der Waals surface area contributed by atoms with Gasteiger partial charge in [-0.1, -0.05) is 34.4 Å². The van der Waals surface area contributed by atoms with Gasteiger partial charge in [-0.05, 0) is 54.4 Å². The zero-order valence-electron chi connectivity index (χ0n) is 18.5. The van der Waals surface area contributed by atoms with Crippen LogP contribution >= 0.6 is 23.2 Å². The minimum atomic E-state index is -2.61. The Kier molecular flexibility index (Phi) is 13.8. The van der Waals surface area contributed by atoms with Crippen molar-refractivity contribution in [1.82, 2.24) is 0 Å². The molecule has 0 aliphatic carbocycles. The van der Waals surface area contributed by atoms with Gasteiger partial charge in [0.05, 0.1) is 16.7 Å². The van der Waals surface area contributed by atoms with Crippen LogP contribution in [0.15, 0.2) is 47.2 Å². The van der Waals surface area contributed by atoms with Crippen LogP contribution in [-0.2, 0) is 9.53 Å².